The number of carboxylic acid groups (broad SMARTS) is 1. The van der Waals surface area contributed by atoms with Crippen LogP contribution in [0.2, 0.25) is 10.0 Å². The third kappa shape index (κ3) is 3.82. The van der Waals surface area contributed by atoms with Gasteiger partial charge in [-0.05, 0) is 36.4 Å². The molecule has 0 saturated carbocycles. The molecule has 0 unspecified atom stereocenters. The summed E-state index contributed by atoms with van der Waals surface area (Å²) in [7, 11) is 0. The van der Waals surface area contributed by atoms with Crippen LogP contribution in [0, 0.1) is 0 Å². The van der Waals surface area contributed by atoms with Crippen LogP contribution >= 0.6 is 23.2 Å². The molecule has 2 N–H and O–H groups in total. The molecule has 0 fully saturated rings. The Balaban J connectivity index is 1.89. The van der Waals surface area contributed by atoms with E-state index in [0.29, 0.717) is 21.4 Å². The van der Waals surface area contributed by atoms with Gasteiger partial charge in [0.2, 0.25) is 0 Å². The van der Waals surface area contributed by atoms with Gasteiger partial charge in [-0.1, -0.05) is 29.3 Å². The molecular formula is C18H11Cl2NO5. The summed E-state index contributed by atoms with van der Waals surface area (Å²) in [6.45, 7) is 0. The van der Waals surface area contributed by atoms with Crippen LogP contribution in [0.15, 0.2) is 63.3 Å². The van der Waals surface area contributed by atoms with Crippen LogP contribution < -0.4 is 5.32 Å². The van der Waals surface area contributed by atoms with Crippen molar-refractivity contribution in [3.63, 3.8) is 0 Å². The third-order valence-electron chi connectivity index (χ3n) is 3.35. The molecule has 132 valence electrons. The Bertz CT molecular complexity index is 969. The number of furan rings is 2. The van der Waals surface area contributed by atoms with E-state index in [9.17, 15) is 14.7 Å². The lowest BCUT2D eigenvalue weighted by atomic mass is 10.2. The molecule has 0 bridgehead atoms. The fourth-order valence-corrected chi connectivity index (χ4v) is 2.77. The lowest BCUT2D eigenvalue weighted by Gasteiger charge is -2.04. The Hall–Kier alpha value is -2.96. The minimum Gasteiger partial charge on any atom is -0.477 e. The van der Waals surface area contributed by atoms with Gasteiger partial charge >= 0.3 is 5.97 Å². The van der Waals surface area contributed by atoms with E-state index in [2.05, 4.69) is 5.32 Å². The first-order valence-electron chi connectivity index (χ1n) is 7.30. The maximum Gasteiger partial charge on any atom is 0.352 e. The number of amides is 1. The van der Waals surface area contributed by atoms with E-state index in [4.69, 9.17) is 32.0 Å². The predicted octanol–water partition coefficient (Wildman–Crippen LogP) is 4.70. The van der Waals surface area contributed by atoms with Crippen molar-refractivity contribution in [1.82, 2.24) is 5.32 Å². The summed E-state index contributed by atoms with van der Waals surface area (Å²) in [5, 5.41) is 12.3. The third-order valence-corrected chi connectivity index (χ3v) is 3.98. The summed E-state index contributed by atoms with van der Waals surface area (Å²) in [5.74, 6) is -1.47. The van der Waals surface area contributed by atoms with Gasteiger partial charge in [0.25, 0.3) is 5.91 Å². The molecule has 8 heteroatoms. The zero-order chi connectivity index (χ0) is 18.7. The molecule has 3 rings (SSSR count). The summed E-state index contributed by atoms with van der Waals surface area (Å²) in [5.41, 5.74) is 0.115. The fraction of sp³-hybridized carbons (Fsp3) is 0. The van der Waals surface area contributed by atoms with Crippen LogP contribution in [0.1, 0.15) is 16.3 Å². The SMILES string of the molecule is O=C(O)C(=Cc1ccc(-c2c(Cl)cccc2Cl)o1)NC(=O)c1ccco1. The fourth-order valence-electron chi connectivity index (χ4n) is 2.18. The van der Waals surface area contributed by atoms with Crippen LogP contribution in [0.3, 0.4) is 0 Å². The quantitative estimate of drug-likeness (QED) is 0.614. The topological polar surface area (TPSA) is 92.7 Å². The van der Waals surface area contributed by atoms with E-state index < -0.39 is 11.9 Å². The van der Waals surface area contributed by atoms with Gasteiger partial charge < -0.3 is 19.3 Å². The molecule has 2 aromatic heterocycles. The lowest BCUT2D eigenvalue weighted by Crippen LogP contribution is -2.26. The second-order valence-electron chi connectivity index (χ2n) is 5.09. The normalized spacial score (nSPS) is 11.4. The van der Waals surface area contributed by atoms with Crippen LogP contribution in [0.4, 0.5) is 0 Å². The van der Waals surface area contributed by atoms with E-state index in [1.54, 1.807) is 24.3 Å². The van der Waals surface area contributed by atoms with E-state index >= 15 is 0 Å². The minimum absolute atomic E-state index is 0.0138. The molecule has 0 radical (unpaired) electrons. The van der Waals surface area contributed by atoms with Crippen molar-refractivity contribution in [1.29, 1.82) is 0 Å². The number of aliphatic carboxylic acids is 1. The maximum atomic E-state index is 12.0. The molecule has 6 nitrogen and oxygen atoms in total. The van der Waals surface area contributed by atoms with Gasteiger partial charge in [-0.2, -0.15) is 0 Å². The Labute approximate surface area is 157 Å². The Morgan fingerprint density at radius 1 is 1.04 bits per heavy atom. The van der Waals surface area contributed by atoms with E-state index in [-0.39, 0.29) is 17.2 Å². The molecule has 26 heavy (non-hydrogen) atoms. The van der Waals surface area contributed by atoms with Crippen molar-refractivity contribution in [2.75, 3.05) is 0 Å². The zero-order valence-corrected chi connectivity index (χ0v) is 14.5. The average Bonchev–Trinajstić information content (AvgIpc) is 3.26. The number of carbonyl (C=O) groups excluding carboxylic acids is 1. The summed E-state index contributed by atoms with van der Waals surface area (Å²) in [6, 6.07) is 11.1. The molecule has 1 amide bonds. The first kappa shape index (κ1) is 17.8. The number of carbonyl (C=O) groups is 2. The van der Waals surface area contributed by atoms with Crippen LogP contribution in [-0.4, -0.2) is 17.0 Å². The van der Waals surface area contributed by atoms with E-state index in [0.717, 1.165) is 0 Å². The highest BCUT2D eigenvalue weighted by atomic mass is 35.5. The van der Waals surface area contributed by atoms with Crippen LogP contribution in [0.5, 0.6) is 0 Å². The van der Waals surface area contributed by atoms with Crippen LogP contribution in [0.25, 0.3) is 17.4 Å². The van der Waals surface area contributed by atoms with Gasteiger partial charge in [0, 0.05) is 6.08 Å². The number of benzene rings is 1. The molecule has 3 aromatic rings. The molecule has 0 saturated heterocycles. The first-order valence-corrected chi connectivity index (χ1v) is 8.05. The summed E-state index contributed by atoms with van der Waals surface area (Å²) in [4.78, 5) is 23.3. The van der Waals surface area contributed by atoms with Crippen molar-refractivity contribution in [3.05, 3.63) is 76.0 Å². The number of nitrogens with one attached hydrogen (secondary N) is 1. The molecule has 2 heterocycles. The lowest BCUT2D eigenvalue weighted by molar-refractivity contribution is -0.132. The number of hydrogen-bond acceptors (Lipinski definition) is 4. The average molecular weight is 392 g/mol. The van der Waals surface area contributed by atoms with Gasteiger partial charge in [-0.25, -0.2) is 4.79 Å². The molecular weight excluding hydrogens is 381 g/mol. The Morgan fingerprint density at radius 3 is 2.38 bits per heavy atom. The van der Waals surface area contributed by atoms with Crippen LogP contribution in [-0.2, 0) is 4.79 Å². The minimum atomic E-state index is -1.33. The summed E-state index contributed by atoms with van der Waals surface area (Å²) in [6.07, 6.45) is 2.49. The second-order valence-corrected chi connectivity index (χ2v) is 5.91. The van der Waals surface area contributed by atoms with Gasteiger partial charge in [0.05, 0.1) is 21.9 Å². The Morgan fingerprint density at radius 2 is 1.77 bits per heavy atom. The van der Waals surface area contributed by atoms with Gasteiger partial charge in [-0.3, -0.25) is 4.79 Å². The largest absolute Gasteiger partial charge is 0.477 e. The standard InChI is InChI=1S/C18H11Cl2NO5/c19-11-3-1-4-12(20)16(11)14-7-6-10(26-14)9-13(18(23)24)21-17(22)15-5-2-8-25-15/h1-9H,(H,21,22)(H,23,24). The first-order chi connectivity index (χ1) is 12.5. The number of carboxylic acids is 1. The van der Waals surface area contributed by atoms with Crippen molar-refractivity contribution in [2.24, 2.45) is 0 Å². The van der Waals surface area contributed by atoms with E-state index in [1.807, 2.05) is 0 Å². The smallest absolute Gasteiger partial charge is 0.352 e. The summed E-state index contributed by atoms with van der Waals surface area (Å²) >= 11 is 12.3. The van der Waals surface area contributed by atoms with Crippen molar-refractivity contribution in [3.8, 4) is 11.3 Å². The number of halogens is 2. The highest BCUT2D eigenvalue weighted by Gasteiger charge is 2.17. The number of hydrogen-bond donors (Lipinski definition) is 2. The second kappa shape index (κ2) is 7.51. The van der Waals surface area contributed by atoms with Crippen molar-refractivity contribution in [2.45, 2.75) is 0 Å². The Kier molecular flexibility index (Phi) is 5.16. The van der Waals surface area contributed by atoms with Gasteiger partial charge in [-0.15, -0.1) is 0 Å². The molecule has 0 aliphatic rings. The molecule has 0 aliphatic carbocycles. The summed E-state index contributed by atoms with van der Waals surface area (Å²) < 4.78 is 10.5. The maximum absolute atomic E-state index is 12.0. The molecule has 0 atom stereocenters. The van der Waals surface area contributed by atoms with E-state index in [1.165, 1.54) is 30.5 Å². The van der Waals surface area contributed by atoms with Crippen molar-refractivity contribution >= 4 is 41.2 Å². The molecule has 1 aromatic carbocycles. The molecule has 0 aliphatic heterocycles. The van der Waals surface area contributed by atoms with Gasteiger partial charge in [0.15, 0.2) is 5.76 Å². The highest BCUT2D eigenvalue weighted by Crippen LogP contribution is 2.35. The monoisotopic (exact) mass is 391 g/mol. The predicted molar refractivity (Wildman–Crippen MR) is 96.0 cm³/mol. The zero-order valence-electron chi connectivity index (χ0n) is 13.0. The number of rotatable bonds is 5. The highest BCUT2D eigenvalue weighted by molar-refractivity contribution is 6.39. The van der Waals surface area contributed by atoms with Crippen molar-refractivity contribution < 1.29 is 23.5 Å². The van der Waals surface area contributed by atoms with Gasteiger partial charge in [0.1, 0.15) is 17.2 Å². The molecule has 0 spiro atoms.